The van der Waals surface area contributed by atoms with Gasteiger partial charge in [-0.15, -0.1) is 13.1 Å². The summed E-state index contributed by atoms with van der Waals surface area (Å²) in [4.78, 5) is 2.72. The first kappa shape index (κ1) is 15.4. The normalized spacial score (nSPS) is 25.9. The standard InChI is InChI=1S/C15H21N2.CH3BO/c1-2-5-13(6-3-1)12-17-14-7-4-8-15(17)11-16-10-9-14;1-2-3/h1-3,5-6,14-15H,4,7-12H2;1H3/q-1;. The van der Waals surface area contributed by atoms with Gasteiger partial charge in [-0.25, -0.2) is 0 Å². The van der Waals surface area contributed by atoms with E-state index in [4.69, 9.17) is 4.70 Å². The second kappa shape index (κ2) is 8.33. The van der Waals surface area contributed by atoms with E-state index in [1.54, 1.807) is 0 Å². The van der Waals surface area contributed by atoms with Crippen LogP contribution in [-0.4, -0.2) is 37.2 Å². The summed E-state index contributed by atoms with van der Waals surface area (Å²) in [5.41, 5.74) is 1.45. The van der Waals surface area contributed by atoms with Gasteiger partial charge in [-0.2, -0.15) is 0 Å². The molecule has 2 saturated heterocycles. The van der Waals surface area contributed by atoms with Crippen molar-refractivity contribution in [2.45, 2.75) is 51.1 Å². The molecule has 2 bridgehead atoms. The summed E-state index contributed by atoms with van der Waals surface area (Å²) in [6, 6.07) is 12.4. The zero-order valence-corrected chi connectivity index (χ0v) is 12.4. The van der Waals surface area contributed by atoms with Crippen LogP contribution >= 0.6 is 0 Å². The fourth-order valence-electron chi connectivity index (χ4n) is 3.26. The Bertz CT molecular complexity index is 385. The molecule has 4 heteroatoms. The predicted octanol–water partition coefficient (Wildman–Crippen LogP) is 3.27. The molecule has 3 nitrogen and oxygen atoms in total. The Morgan fingerprint density at radius 1 is 1.20 bits per heavy atom. The van der Waals surface area contributed by atoms with Crippen molar-refractivity contribution >= 4 is 7.15 Å². The van der Waals surface area contributed by atoms with Crippen molar-refractivity contribution in [3.05, 3.63) is 41.2 Å². The Hall–Kier alpha value is -0.995. The number of benzene rings is 1. The van der Waals surface area contributed by atoms with E-state index in [1.807, 2.05) is 0 Å². The molecule has 0 amide bonds. The molecule has 0 N–H and O–H groups in total. The summed E-state index contributed by atoms with van der Waals surface area (Å²) in [6.45, 7) is 4.70. The molecule has 2 aliphatic heterocycles. The van der Waals surface area contributed by atoms with Gasteiger partial charge in [-0.05, 0) is 24.4 Å². The van der Waals surface area contributed by atoms with E-state index in [9.17, 15) is 0 Å². The molecule has 2 atom stereocenters. The molecule has 2 heterocycles. The first-order valence-electron chi connectivity index (χ1n) is 7.68. The van der Waals surface area contributed by atoms with Crippen LogP contribution in [0, 0.1) is 0 Å². The van der Waals surface area contributed by atoms with E-state index in [0.29, 0.717) is 6.04 Å². The van der Waals surface area contributed by atoms with E-state index in [0.717, 1.165) is 32.8 Å². The summed E-state index contributed by atoms with van der Waals surface area (Å²) in [5.74, 6) is 0. The second-order valence-electron chi connectivity index (χ2n) is 5.55. The Morgan fingerprint density at radius 2 is 1.90 bits per heavy atom. The molecule has 2 aliphatic rings. The molecule has 2 unspecified atom stereocenters. The van der Waals surface area contributed by atoms with Crippen LogP contribution in [0.2, 0.25) is 6.82 Å². The van der Waals surface area contributed by atoms with Gasteiger partial charge in [0, 0.05) is 12.6 Å². The smallest absolute Gasteiger partial charge is 0.0238 e. The molecule has 3 rings (SSSR count). The SMILES string of the molecule is CB=O.c1ccc(CN2C3CCCC2C[N-]CC3)cc1. The zero-order chi connectivity index (χ0) is 14.2. The van der Waals surface area contributed by atoms with Crippen LogP contribution in [0.5, 0.6) is 0 Å². The molecule has 0 radical (unpaired) electrons. The van der Waals surface area contributed by atoms with Crippen molar-refractivity contribution in [1.29, 1.82) is 0 Å². The summed E-state index contributed by atoms with van der Waals surface area (Å²) in [7, 11) is 0.750. The van der Waals surface area contributed by atoms with E-state index in [2.05, 4.69) is 40.5 Å². The molecule has 1 aromatic carbocycles. The summed E-state index contributed by atoms with van der Waals surface area (Å²) in [5, 5.41) is 4.66. The monoisotopic (exact) mass is 271 g/mol. The van der Waals surface area contributed by atoms with Crippen LogP contribution in [0.3, 0.4) is 0 Å². The summed E-state index contributed by atoms with van der Waals surface area (Å²) >= 11 is 0. The minimum absolute atomic E-state index is 0.705. The quantitative estimate of drug-likeness (QED) is 0.774. The maximum Gasteiger partial charge on any atom is 0.0238 e. The molecule has 1 aromatic rings. The number of piperidine rings is 1. The average Bonchev–Trinajstić information content (AvgIpc) is 2.58. The van der Waals surface area contributed by atoms with Crippen LogP contribution in [0.25, 0.3) is 5.32 Å². The summed E-state index contributed by atoms with van der Waals surface area (Å²) in [6.07, 6.45) is 5.38. The third kappa shape index (κ3) is 4.25. The largest absolute Gasteiger partial charge is 0.661 e. The molecule has 0 aliphatic carbocycles. The molecular weight excluding hydrogens is 247 g/mol. The third-order valence-corrected chi connectivity index (χ3v) is 4.18. The van der Waals surface area contributed by atoms with Gasteiger partial charge in [-0.3, -0.25) is 4.90 Å². The average molecular weight is 271 g/mol. The number of nitrogens with zero attached hydrogens (tertiary/aromatic N) is 2. The fraction of sp³-hybridized carbons (Fsp3) is 0.625. The van der Waals surface area contributed by atoms with Crippen molar-refractivity contribution in [3.63, 3.8) is 0 Å². The number of fused-ring (bicyclic) bond motifs is 2. The first-order valence-corrected chi connectivity index (χ1v) is 7.68. The van der Waals surface area contributed by atoms with Crippen LogP contribution in [0.1, 0.15) is 31.2 Å². The van der Waals surface area contributed by atoms with Crippen LogP contribution in [0.15, 0.2) is 30.3 Å². The molecule has 2 fully saturated rings. The van der Waals surface area contributed by atoms with Gasteiger partial charge in [0.2, 0.25) is 0 Å². The Labute approximate surface area is 123 Å². The topological polar surface area (TPSA) is 34.4 Å². The molecular formula is C16H24BN2O-. The number of hydrogen-bond acceptors (Lipinski definition) is 2. The van der Waals surface area contributed by atoms with Crippen molar-refractivity contribution < 1.29 is 4.70 Å². The zero-order valence-electron chi connectivity index (χ0n) is 12.4. The van der Waals surface area contributed by atoms with Crippen LogP contribution in [0.4, 0.5) is 0 Å². The molecule has 108 valence electrons. The van der Waals surface area contributed by atoms with Gasteiger partial charge in [0.1, 0.15) is 0 Å². The van der Waals surface area contributed by atoms with Crippen molar-refractivity contribution in [2.75, 3.05) is 13.1 Å². The van der Waals surface area contributed by atoms with Crippen molar-refractivity contribution in [3.8, 4) is 0 Å². The van der Waals surface area contributed by atoms with Gasteiger partial charge < -0.3 is 5.32 Å². The van der Waals surface area contributed by atoms with Crippen LogP contribution < -0.4 is 0 Å². The second-order valence-corrected chi connectivity index (χ2v) is 5.55. The Morgan fingerprint density at radius 3 is 2.65 bits per heavy atom. The fourth-order valence-corrected chi connectivity index (χ4v) is 3.26. The molecule has 0 saturated carbocycles. The molecule has 0 aromatic heterocycles. The summed E-state index contributed by atoms with van der Waals surface area (Å²) < 4.78 is 8.81. The maximum absolute atomic E-state index is 8.81. The number of rotatable bonds is 2. The molecule has 0 spiro atoms. The van der Waals surface area contributed by atoms with E-state index >= 15 is 0 Å². The van der Waals surface area contributed by atoms with E-state index in [-0.39, 0.29) is 0 Å². The van der Waals surface area contributed by atoms with E-state index in [1.165, 1.54) is 38.1 Å². The maximum atomic E-state index is 8.81. The van der Waals surface area contributed by atoms with Crippen molar-refractivity contribution in [2.24, 2.45) is 0 Å². The number of hydrogen-bond donors (Lipinski definition) is 0. The minimum Gasteiger partial charge on any atom is -0.661 e. The van der Waals surface area contributed by atoms with Gasteiger partial charge in [0.15, 0.2) is 0 Å². The molecule has 20 heavy (non-hydrogen) atoms. The Balaban J connectivity index is 0.000000452. The third-order valence-electron chi connectivity index (χ3n) is 4.18. The van der Waals surface area contributed by atoms with Gasteiger partial charge in [0.25, 0.3) is 0 Å². The minimum atomic E-state index is 0.705. The van der Waals surface area contributed by atoms with Crippen molar-refractivity contribution in [1.82, 2.24) is 4.90 Å². The van der Waals surface area contributed by atoms with Gasteiger partial charge in [0.05, 0.1) is 0 Å². The predicted molar refractivity (Wildman–Crippen MR) is 83.4 cm³/mol. The van der Waals surface area contributed by atoms with Crippen LogP contribution in [-0.2, 0) is 11.2 Å². The van der Waals surface area contributed by atoms with E-state index < -0.39 is 0 Å². The first-order chi connectivity index (χ1) is 9.85. The Kier molecular flexibility index (Phi) is 6.41. The van der Waals surface area contributed by atoms with Gasteiger partial charge >= 0.3 is 18.7 Å². The van der Waals surface area contributed by atoms with Gasteiger partial charge in [-0.1, -0.05) is 43.2 Å².